The molecular formula is C17H26N2O3. The molecule has 1 aromatic rings. The van der Waals surface area contributed by atoms with Crippen molar-refractivity contribution in [3.8, 4) is 0 Å². The minimum atomic E-state index is -0.148. The van der Waals surface area contributed by atoms with Crippen LogP contribution in [0.4, 0.5) is 5.69 Å². The number of rotatable bonds is 8. The van der Waals surface area contributed by atoms with Crippen molar-refractivity contribution in [3.63, 3.8) is 0 Å². The molecule has 0 saturated heterocycles. The van der Waals surface area contributed by atoms with Gasteiger partial charge in [0.2, 0.25) is 5.91 Å². The van der Waals surface area contributed by atoms with Crippen molar-refractivity contribution in [1.82, 2.24) is 5.32 Å². The number of ether oxygens (including phenoxy) is 1. The Balaban J connectivity index is 2.47. The molecule has 5 heteroatoms. The van der Waals surface area contributed by atoms with E-state index in [4.69, 9.17) is 4.74 Å². The fraction of sp³-hybridized carbons (Fsp3) is 0.529. The molecule has 0 aliphatic rings. The van der Waals surface area contributed by atoms with Gasteiger partial charge in [-0.15, -0.1) is 0 Å². The molecule has 1 aromatic carbocycles. The lowest BCUT2D eigenvalue weighted by Crippen LogP contribution is -2.26. The molecule has 0 fully saturated rings. The molecule has 0 aromatic heterocycles. The molecule has 0 aliphatic heterocycles. The third-order valence-corrected chi connectivity index (χ3v) is 2.97. The van der Waals surface area contributed by atoms with E-state index in [-0.39, 0.29) is 23.8 Å². The zero-order chi connectivity index (χ0) is 16.5. The highest BCUT2D eigenvalue weighted by atomic mass is 16.5. The first-order valence-electron chi connectivity index (χ1n) is 7.71. The van der Waals surface area contributed by atoms with Crippen LogP contribution in [0.5, 0.6) is 0 Å². The van der Waals surface area contributed by atoms with Crippen molar-refractivity contribution in [1.29, 1.82) is 0 Å². The number of carbonyl (C=O) groups excluding carboxylic acids is 2. The smallest absolute Gasteiger partial charge is 0.251 e. The third-order valence-electron chi connectivity index (χ3n) is 2.97. The number of hydrogen-bond donors (Lipinski definition) is 2. The van der Waals surface area contributed by atoms with Crippen LogP contribution < -0.4 is 10.6 Å². The molecule has 5 nitrogen and oxygen atoms in total. The highest BCUT2D eigenvalue weighted by Gasteiger charge is 2.09. The van der Waals surface area contributed by atoms with Gasteiger partial charge in [0.05, 0.1) is 6.10 Å². The predicted octanol–water partition coefficient (Wildman–Crippen LogP) is 2.83. The van der Waals surface area contributed by atoms with Gasteiger partial charge in [-0.1, -0.05) is 19.9 Å². The monoisotopic (exact) mass is 306 g/mol. The maximum absolute atomic E-state index is 12.0. The second kappa shape index (κ2) is 9.20. The molecule has 22 heavy (non-hydrogen) atoms. The number of nitrogens with one attached hydrogen (secondary N) is 2. The Kier molecular flexibility index (Phi) is 7.60. The lowest BCUT2D eigenvalue weighted by Gasteiger charge is -2.10. The highest BCUT2D eigenvalue weighted by molar-refractivity contribution is 5.97. The van der Waals surface area contributed by atoms with Gasteiger partial charge in [-0.25, -0.2) is 0 Å². The zero-order valence-corrected chi connectivity index (χ0v) is 13.8. The Morgan fingerprint density at radius 3 is 2.55 bits per heavy atom. The lowest BCUT2D eigenvalue weighted by molar-refractivity contribution is -0.118. The quantitative estimate of drug-likeness (QED) is 0.726. The van der Waals surface area contributed by atoms with Crippen LogP contribution in [-0.4, -0.2) is 31.1 Å². The Hall–Kier alpha value is -1.88. The maximum Gasteiger partial charge on any atom is 0.251 e. The molecule has 0 bridgehead atoms. The van der Waals surface area contributed by atoms with E-state index < -0.39 is 0 Å². The van der Waals surface area contributed by atoms with Gasteiger partial charge in [0.1, 0.15) is 0 Å². The Morgan fingerprint density at radius 1 is 1.18 bits per heavy atom. The number of amides is 2. The fourth-order valence-electron chi connectivity index (χ4n) is 1.72. The minimum absolute atomic E-state index is 0.0663. The average molecular weight is 306 g/mol. The van der Waals surface area contributed by atoms with Crippen molar-refractivity contribution in [2.24, 2.45) is 5.92 Å². The summed E-state index contributed by atoms with van der Waals surface area (Å²) in [6, 6.07) is 6.94. The van der Waals surface area contributed by atoms with Gasteiger partial charge in [-0.3, -0.25) is 9.59 Å². The molecule has 2 amide bonds. The number of anilines is 1. The molecule has 0 atom stereocenters. The Bertz CT molecular complexity index is 498. The Labute approximate surface area is 132 Å². The summed E-state index contributed by atoms with van der Waals surface area (Å²) >= 11 is 0. The summed E-state index contributed by atoms with van der Waals surface area (Å²) in [5.74, 6) is -0.313. The number of carbonyl (C=O) groups is 2. The summed E-state index contributed by atoms with van der Waals surface area (Å²) in [5, 5.41) is 5.63. The van der Waals surface area contributed by atoms with Gasteiger partial charge in [0.15, 0.2) is 0 Å². The molecule has 0 spiro atoms. The highest BCUT2D eigenvalue weighted by Crippen LogP contribution is 2.12. The predicted molar refractivity (Wildman–Crippen MR) is 87.9 cm³/mol. The summed E-state index contributed by atoms with van der Waals surface area (Å²) in [6.45, 7) is 8.80. The summed E-state index contributed by atoms with van der Waals surface area (Å²) in [5.41, 5.74) is 1.17. The van der Waals surface area contributed by atoms with Crippen molar-refractivity contribution < 1.29 is 14.3 Å². The SMILES string of the molecule is CC(C)OCCCNC(=O)c1cccc(NC(=O)C(C)C)c1. The zero-order valence-electron chi connectivity index (χ0n) is 13.8. The molecule has 0 radical (unpaired) electrons. The van der Waals surface area contributed by atoms with Crippen LogP contribution in [-0.2, 0) is 9.53 Å². The normalized spacial score (nSPS) is 10.8. The van der Waals surface area contributed by atoms with Crippen LogP contribution in [0.2, 0.25) is 0 Å². The fourth-order valence-corrected chi connectivity index (χ4v) is 1.72. The first kappa shape index (κ1) is 18.2. The van der Waals surface area contributed by atoms with E-state index >= 15 is 0 Å². The molecule has 0 aliphatic carbocycles. The van der Waals surface area contributed by atoms with Crippen LogP contribution in [0.15, 0.2) is 24.3 Å². The first-order valence-corrected chi connectivity index (χ1v) is 7.71. The molecule has 1 rings (SSSR count). The van der Waals surface area contributed by atoms with Crippen molar-refractivity contribution in [2.75, 3.05) is 18.5 Å². The van der Waals surface area contributed by atoms with Crippen LogP contribution in [0, 0.1) is 5.92 Å². The van der Waals surface area contributed by atoms with Crippen LogP contribution in [0.3, 0.4) is 0 Å². The second-order valence-electron chi connectivity index (χ2n) is 5.75. The van der Waals surface area contributed by atoms with E-state index in [0.29, 0.717) is 24.4 Å². The molecule has 0 heterocycles. The topological polar surface area (TPSA) is 67.4 Å². The van der Waals surface area contributed by atoms with Crippen molar-refractivity contribution in [2.45, 2.75) is 40.2 Å². The van der Waals surface area contributed by atoms with E-state index in [0.717, 1.165) is 6.42 Å². The van der Waals surface area contributed by atoms with Gasteiger partial charge in [-0.2, -0.15) is 0 Å². The standard InChI is InChI=1S/C17H26N2O3/c1-12(2)16(20)19-15-8-5-7-14(11-15)17(21)18-9-6-10-22-13(3)4/h5,7-8,11-13H,6,9-10H2,1-4H3,(H,18,21)(H,19,20). The average Bonchev–Trinajstić information content (AvgIpc) is 2.46. The van der Waals surface area contributed by atoms with E-state index in [2.05, 4.69) is 10.6 Å². The molecule has 0 unspecified atom stereocenters. The lowest BCUT2D eigenvalue weighted by atomic mass is 10.1. The summed E-state index contributed by atoms with van der Waals surface area (Å²) in [7, 11) is 0. The molecular weight excluding hydrogens is 280 g/mol. The van der Waals surface area contributed by atoms with E-state index in [1.54, 1.807) is 24.3 Å². The van der Waals surface area contributed by atoms with Crippen molar-refractivity contribution in [3.05, 3.63) is 29.8 Å². The van der Waals surface area contributed by atoms with Crippen molar-refractivity contribution >= 4 is 17.5 Å². The van der Waals surface area contributed by atoms with E-state index in [1.165, 1.54) is 0 Å². The van der Waals surface area contributed by atoms with Crippen LogP contribution in [0.1, 0.15) is 44.5 Å². The summed E-state index contributed by atoms with van der Waals surface area (Å²) in [4.78, 5) is 23.7. The second-order valence-corrected chi connectivity index (χ2v) is 5.75. The Morgan fingerprint density at radius 2 is 1.91 bits per heavy atom. The first-order chi connectivity index (χ1) is 10.4. The summed E-state index contributed by atoms with van der Waals surface area (Å²) < 4.78 is 5.42. The number of hydrogen-bond acceptors (Lipinski definition) is 3. The van der Waals surface area contributed by atoms with Gasteiger partial charge in [0.25, 0.3) is 5.91 Å². The maximum atomic E-state index is 12.0. The van der Waals surface area contributed by atoms with E-state index in [9.17, 15) is 9.59 Å². The largest absolute Gasteiger partial charge is 0.379 e. The van der Waals surface area contributed by atoms with Crippen LogP contribution >= 0.6 is 0 Å². The summed E-state index contributed by atoms with van der Waals surface area (Å²) in [6.07, 6.45) is 0.977. The van der Waals surface area contributed by atoms with E-state index in [1.807, 2.05) is 27.7 Å². The number of benzene rings is 1. The van der Waals surface area contributed by atoms with Gasteiger partial charge in [0, 0.05) is 30.3 Å². The van der Waals surface area contributed by atoms with Gasteiger partial charge < -0.3 is 15.4 Å². The third kappa shape index (κ3) is 6.72. The molecule has 122 valence electrons. The van der Waals surface area contributed by atoms with Gasteiger partial charge >= 0.3 is 0 Å². The minimum Gasteiger partial charge on any atom is -0.379 e. The molecule has 0 saturated carbocycles. The molecule has 2 N–H and O–H groups in total. The van der Waals surface area contributed by atoms with Crippen LogP contribution in [0.25, 0.3) is 0 Å². The van der Waals surface area contributed by atoms with Gasteiger partial charge in [-0.05, 0) is 38.5 Å².